The fraction of sp³-hybridized carbons (Fsp3) is 1.00. The van der Waals surface area contributed by atoms with E-state index in [0.29, 0.717) is 29.0 Å². The van der Waals surface area contributed by atoms with Crippen molar-refractivity contribution in [2.24, 2.45) is 10.8 Å². The summed E-state index contributed by atoms with van der Waals surface area (Å²) in [5.41, 5.74) is 0.862. The van der Waals surface area contributed by atoms with Crippen LogP contribution in [-0.2, 0) is 0 Å². The highest BCUT2D eigenvalue weighted by molar-refractivity contribution is 4.83. The fourth-order valence-corrected chi connectivity index (χ4v) is 3.49. The first-order chi connectivity index (χ1) is 8.39. The minimum absolute atomic E-state index is 0.409. The Hall–Kier alpha value is -0.0400. The van der Waals surface area contributed by atoms with Crippen molar-refractivity contribution in [3.8, 4) is 0 Å². The van der Waals surface area contributed by atoms with Gasteiger partial charge in [0.05, 0.1) is 0 Å². The number of nitrogens with zero attached hydrogens (tertiary/aromatic N) is 1. The molecular weight excluding hydrogens is 230 g/mol. The quantitative estimate of drug-likeness (QED) is 0.570. The van der Waals surface area contributed by atoms with Crippen LogP contribution < -0.4 is 0 Å². The van der Waals surface area contributed by atoms with Gasteiger partial charge in [0.2, 0.25) is 0 Å². The Labute approximate surface area is 123 Å². The lowest BCUT2D eigenvalue weighted by Gasteiger charge is -2.43. The van der Waals surface area contributed by atoms with Crippen molar-refractivity contribution in [3.63, 3.8) is 0 Å². The zero-order chi connectivity index (χ0) is 15.4. The molecule has 0 aliphatic heterocycles. The van der Waals surface area contributed by atoms with E-state index in [-0.39, 0.29) is 0 Å². The van der Waals surface area contributed by atoms with Gasteiger partial charge in [0, 0.05) is 18.1 Å². The van der Waals surface area contributed by atoms with Gasteiger partial charge < -0.3 is 0 Å². The molecular formula is C18H39N. The lowest BCUT2D eigenvalue weighted by molar-refractivity contribution is 0.0607. The Balaban J connectivity index is 4.81. The van der Waals surface area contributed by atoms with Crippen LogP contribution in [0.3, 0.4) is 0 Å². The number of rotatable bonds is 7. The molecule has 0 aromatic heterocycles. The first kappa shape index (κ1) is 19.0. The molecule has 1 nitrogen and oxygen atoms in total. The van der Waals surface area contributed by atoms with Crippen LogP contribution in [0, 0.1) is 10.8 Å². The summed E-state index contributed by atoms with van der Waals surface area (Å²) in [6, 6.07) is 1.94. The molecule has 0 saturated carbocycles. The van der Waals surface area contributed by atoms with E-state index in [1.807, 2.05) is 0 Å². The van der Waals surface area contributed by atoms with E-state index in [0.717, 1.165) is 0 Å². The lowest BCUT2D eigenvalue weighted by atomic mass is 9.82. The van der Waals surface area contributed by atoms with Crippen molar-refractivity contribution in [3.05, 3.63) is 0 Å². The zero-order valence-corrected chi connectivity index (χ0v) is 15.3. The third-order valence-corrected chi connectivity index (χ3v) is 4.33. The second-order valence-electron chi connectivity index (χ2n) is 8.73. The van der Waals surface area contributed by atoms with Crippen LogP contribution in [0.25, 0.3) is 0 Å². The van der Waals surface area contributed by atoms with E-state index in [1.165, 1.54) is 19.3 Å². The highest BCUT2D eigenvalue weighted by Crippen LogP contribution is 2.32. The first-order valence-electron chi connectivity index (χ1n) is 8.17. The van der Waals surface area contributed by atoms with Crippen molar-refractivity contribution in [1.29, 1.82) is 0 Å². The van der Waals surface area contributed by atoms with Gasteiger partial charge in [0.1, 0.15) is 0 Å². The summed E-state index contributed by atoms with van der Waals surface area (Å²) in [6.07, 6.45) is 3.81. The third kappa shape index (κ3) is 7.34. The summed E-state index contributed by atoms with van der Waals surface area (Å²) >= 11 is 0. The second kappa shape index (κ2) is 7.11. The van der Waals surface area contributed by atoms with Gasteiger partial charge in [0.15, 0.2) is 0 Å². The summed E-state index contributed by atoms with van der Waals surface area (Å²) < 4.78 is 0. The number of hydrogen-bond acceptors (Lipinski definition) is 1. The fourth-order valence-electron chi connectivity index (χ4n) is 3.49. The van der Waals surface area contributed by atoms with Crippen molar-refractivity contribution >= 4 is 0 Å². The summed E-state index contributed by atoms with van der Waals surface area (Å²) in [5.74, 6) is 0. The van der Waals surface area contributed by atoms with E-state index >= 15 is 0 Å². The van der Waals surface area contributed by atoms with Crippen molar-refractivity contribution in [2.45, 2.75) is 107 Å². The van der Waals surface area contributed by atoms with Gasteiger partial charge in [0.25, 0.3) is 0 Å². The average Bonchev–Trinajstić information content (AvgIpc) is 2.12. The Kier molecular flexibility index (Phi) is 7.09. The maximum Gasteiger partial charge on any atom is 0.00775 e. The molecule has 0 aliphatic rings. The van der Waals surface area contributed by atoms with Crippen molar-refractivity contribution in [1.82, 2.24) is 4.90 Å². The van der Waals surface area contributed by atoms with Gasteiger partial charge in [-0.1, -0.05) is 48.0 Å². The maximum absolute atomic E-state index is 2.72. The first-order valence-corrected chi connectivity index (χ1v) is 8.17. The minimum Gasteiger partial charge on any atom is -0.296 e. The van der Waals surface area contributed by atoms with Crippen LogP contribution in [0.15, 0.2) is 0 Å². The molecule has 1 heteroatoms. The monoisotopic (exact) mass is 269 g/mol. The molecule has 0 radical (unpaired) electrons. The summed E-state index contributed by atoms with van der Waals surface area (Å²) in [6.45, 7) is 23.7. The van der Waals surface area contributed by atoms with E-state index in [4.69, 9.17) is 0 Å². The zero-order valence-electron chi connectivity index (χ0n) is 15.3. The predicted molar refractivity (Wildman–Crippen MR) is 88.7 cm³/mol. The Morgan fingerprint density at radius 3 is 1.53 bits per heavy atom. The molecule has 0 rings (SSSR count). The Morgan fingerprint density at radius 2 is 1.21 bits per heavy atom. The van der Waals surface area contributed by atoms with Crippen LogP contribution in [-0.4, -0.2) is 23.0 Å². The molecule has 2 atom stereocenters. The van der Waals surface area contributed by atoms with Crippen molar-refractivity contribution < 1.29 is 0 Å². The maximum atomic E-state index is 2.72. The van der Waals surface area contributed by atoms with Crippen LogP contribution in [0.4, 0.5) is 0 Å². The van der Waals surface area contributed by atoms with Crippen LogP contribution in [0.1, 0.15) is 88.5 Å². The van der Waals surface area contributed by atoms with Crippen LogP contribution in [0.5, 0.6) is 0 Å². The molecule has 2 unspecified atom stereocenters. The Morgan fingerprint density at radius 1 is 0.789 bits per heavy atom. The number of hydrogen-bond donors (Lipinski definition) is 0. The van der Waals surface area contributed by atoms with Gasteiger partial charge >= 0.3 is 0 Å². The SMILES string of the molecule is CCC(C)(C)CC(C)N(C(C)C)C(C)CC(C)(C)C. The molecule has 0 fully saturated rings. The molecule has 0 saturated heterocycles. The summed E-state index contributed by atoms with van der Waals surface area (Å²) in [5, 5.41) is 0. The third-order valence-electron chi connectivity index (χ3n) is 4.33. The molecule has 0 aliphatic carbocycles. The van der Waals surface area contributed by atoms with E-state index < -0.39 is 0 Å². The van der Waals surface area contributed by atoms with Crippen LogP contribution >= 0.6 is 0 Å². The van der Waals surface area contributed by atoms with Crippen molar-refractivity contribution in [2.75, 3.05) is 0 Å². The summed E-state index contributed by atoms with van der Waals surface area (Å²) in [7, 11) is 0. The highest BCUT2D eigenvalue weighted by atomic mass is 15.2. The smallest absolute Gasteiger partial charge is 0.00775 e. The van der Waals surface area contributed by atoms with Gasteiger partial charge in [-0.25, -0.2) is 0 Å². The molecule has 0 spiro atoms. The van der Waals surface area contributed by atoms with E-state index in [1.54, 1.807) is 0 Å². The topological polar surface area (TPSA) is 3.24 Å². The highest BCUT2D eigenvalue weighted by Gasteiger charge is 2.29. The predicted octanol–water partition coefficient (Wildman–Crippen LogP) is 5.74. The van der Waals surface area contributed by atoms with Crippen LogP contribution in [0.2, 0.25) is 0 Å². The molecule has 0 aromatic carbocycles. The van der Waals surface area contributed by atoms with Gasteiger partial charge in [-0.3, -0.25) is 4.90 Å². The second-order valence-corrected chi connectivity index (χ2v) is 8.73. The average molecular weight is 270 g/mol. The molecule has 0 aromatic rings. The molecule has 0 N–H and O–H groups in total. The normalized spacial score (nSPS) is 17.1. The summed E-state index contributed by atoms with van der Waals surface area (Å²) in [4.78, 5) is 2.72. The molecule has 19 heavy (non-hydrogen) atoms. The van der Waals surface area contributed by atoms with E-state index in [9.17, 15) is 0 Å². The molecule has 116 valence electrons. The molecule has 0 heterocycles. The lowest BCUT2D eigenvalue weighted by Crippen LogP contribution is -2.47. The largest absolute Gasteiger partial charge is 0.296 e. The molecule has 0 bridgehead atoms. The minimum atomic E-state index is 0.409. The van der Waals surface area contributed by atoms with Gasteiger partial charge in [-0.2, -0.15) is 0 Å². The van der Waals surface area contributed by atoms with Gasteiger partial charge in [-0.15, -0.1) is 0 Å². The standard InChI is InChI=1S/C18H39N/c1-11-18(9,10)13-16(5)19(14(2)3)15(4)12-17(6,7)8/h14-16H,11-13H2,1-10H3. The molecule has 0 amide bonds. The van der Waals surface area contributed by atoms with Gasteiger partial charge in [-0.05, 0) is 51.4 Å². The Bertz CT molecular complexity index is 247. The van der Waals surface area contributed by atoms with E-state index in [2.05, 4.69) is 74.1 Å².